The van der Waals surface area contributed by atoms with Crippen LogP contribution >= 0.6 is 0 Å². The van der Waals surface area contributed by atoms with E-state index in [0.29, 0.717) is 31.7 Å². The number of nitrogens with two attached hydrogens (primary N) is 2. The van der Waals surface area contributed by atoms with Gasteiger partial charge in [-0.25, -0.2) is 4.99 Å². The summed E-state index contributed by atoms with van der Waals surface area (Å²) in [6.07, 6.45) is -1.64. The van der Waals surface area contributed by atoms with Crippen LogP contribution in [0.5, 0.6) is 5.75 Å². The van der Waals surface area contributed by atoms with Crippen molar-refractivity contribution in [1.29, 1.82) is 0 Å². The van der Waals surface area contributed by atoms with E-state index in [4.69, 9.17) is 11.5 Å². The Balaban J connectivity index is 2.17. The third-order valence-electron chi connectivity index (χ3n) is 4.59. The van der Waals surface area contributed by atoms with Crippen LogP contribution in [-0.2, 0) is 6.18 Å². The molecule has 3 rings (SSSR count). The first-order valence-corrected chi connectivity index (χ1v) is 8.28. The molecule has 1 aromatic carbocycles. The summed E-state index contributed by atoms with van der Waals surface area (Å²) in [5.74, 6) is -0.822. The van der Waals surface area contributed by atoms with E-state index in [9.17, 15) is 22.0 Å². The molecular weight excluding hydrogens is 373 g/mol. The molecule has 27 heavy (non-hydrogen) atoms. The van der Waals surface area contributed by atoms with Gasteiger partial charge in [-0.3, -0.25) is 4.90 Å². The van der Waals surface area contributed by atoms with Crippen molar-refractivity contribution in [2.24, 2.45) is 21.5 Å². The number of anilines is 1. The maximum absolute atomic E-state index is 13.6. The second kappa shape index (κ2) is 6.86. The summed E-state index contributed by atoms with van der Waals surface area (Å²) in [6, 6.07) is 2.39. The van der Waals surface area contributed by atoms with E-state index >= 15 is 0 Å². The number of nitrogens with zero attached hydrogens (tertiary/aromatic N) is 3. The van der Waals surface area contributed by atoms with Crippen molar-refractivity contribution in [2.45, 2.75) is 50.6 Å². The average Bonchev–Trinajstić information content (AvgIpc) is 2.53. The number of halogens is 5. The van der Waals surface area contributed by atoms with Crippen LogP contribution in [0, 0.1) is 0 Å². The topological polar surface area (TPSA) is 89.2 Å². The molecule has 1 heterocycles. The molecule has 2 aliphatic rings. The summed E-state index contributed by atoms with van der Waals surface area (Å²) in [5, 5.41) is 0. The van der Waals surface area contributed by atoms with Gasteiger partial charge in [0, 0.05) is 6.07 Å². The molecule has 1 spiro atoms. The standard InChI is InChI=1S/C16H18F5N5O/c17-12(18)27-9-4-5-10(16(19,20)21)11(8-9)26-14(23)24-13(22)25-15(26)6-2-1-3-7-15/h4-5,8,12H,1-3,6-7H2,(H4,22,23,24,25). The minimum absolute atomic E-state index is 0.126. The summed E-state index contributed by atoms with van der Waals surface area (Å²) in [6.45, 7) is -3.18. The van der Waals surface area contributed by atoms with Crippen molar-refractivity contribution < 1.29 is 26.7 Å². The van der Waals surface area contributed by atoms with E-state index in [1.807, 2.05) is 0 Å². The van der Waals surface area contributed by atoms with Gasteiger partial charge in [0.25, 0.3) is 0 Å². The largest absolute Gasteiger partial charge is 0.435 e. The molecule has 1 fully saturated rings. The van der Waals surface area contributed by atoms with Crippen molar-refractivity contribution in [1.82, 2.24) is 0 Å². The zero-order chi connectivity index (χ0) is 19.8. The van der Waals surface area contributed by atoms with Crippen LogP contribution in [0.3, 0.4) is 0 Å². The lowest BCUT2D eigenvalue weighted by molar-refractivity contribution is -0.137. The summed E-state index contributed by atoms with van der Waals surface area (Å²) >= 11 is 0. The molecule has 4 N–H and O–H groups in total. The highest BCUT2D eigenvalue weighted by molar-refractivity contribution is 6.06. The first-order chi connectivity index (χ1) is 12.6. The number of benzene rings is 1. The number of rotatable bonds is 3. The second-order valence-corrected chi connectivity index (χ2v) is 6.37. The predicted octanol–water partition coefficient (Wildman–Crippen LogP) is 3.42. The Morgan fingerprint density at radius 2 is 1.78 bits per heavy atom. The van der Waals surface area contributed by atoms with E-state index in [1.54, 1.807) is 0 Å². The minimum atomic E-state index is -4.75. The van der Waals surface area contributed by atoms with Crippen LogP contribution in [0.15, 0.2) is 28.2 Å². The number of hydrogen-bond acceptors (Lipinski definition) is 6. The lowest BCUT2D eigenvalue weighted by Gasteiger charge is -2.46. The van der Waals surface area contributed by atoms with E-state index in [1.165, 1.54) is 0 Å². The van der Waals surface area contributed by atoms with Crippen LogP contribution in [0.25, 0.3) is 0 Å². The van der Waals surface area contributed by atoms with Gasteiger partial charge in [0.1, 0.15) is 11.4 Å². The van der Waals surface area contributed by atoms with Gasteiger partial charge in [-0.05, 0) is 37.8 Å². The molecule has 1 saturated carbocycles. The van der Waals surface area contributed by atoms with Gasteiger partial charge in [0.05, 0.1) is 11.3 Å². The van der Waals surface area contributed by atoms with Gasteiger partial charge in [-0.15, -0.1) is 0 Å². The number of hydrogen-bond donors (Lipinski definition) is 2. The zero-order valence-corrected chi connectivity index (χ0v) is 14.1. The molecule has 0 saturated heterocycles. The normalized spacial score (nSPS) is 19.9. The molecular formula is C16H18F5N5O. The smallest absolute Gasteiger partial charge is 0.418 e. The summed E-state index contributed by atoms with van der Waals surface area (Å²) in [5.41, 5.74) is 8.99. The maximum Gasteiger partial charge on any atom is 0.418 e. The van der Waals surface area contributed by atoms with E-state index in [2.05, 4.69) is 14.7 Å². The molecule has 0 atom stereocenters. The van der Waals surface area contributed by atoms with Gasteiger partial charge in [0.2, 0.25) is 11.9 Å². The van der Waals surface area contributed by atoms with Gasteiger partial charge >= 0.3 is 12.8 Å². The predicted molar refractivity (Wildman–Crippen MR) is 89.6 cm³/mol. The molecule has 1 aliphatic heterocycles. The molecule has 0 radical (unpaired) electrons. The number of alkyl halides is 5. The Labute approximate surface area is 151 Å². The Morgan fingerprint density at radius 1 is 1.11 bits per heavy atom. The number of ether oxygens (including phenoxy) is 1. The number of guanidine groups is 2. The van der Waals surface area contributed by atoms with Gasteiger partial charge in [-0.2, -0.15) is 26.9 Å². The van der Waals surface area contributed by atoms with Crippen LogP contribution < -0.4 is 21.1 Å². The fraction of sp³-hybridized carbons (Fsp3) is 0.500. The third kappa shape index (κ3) is 3.76. The van der Waals surface area contributed by atoms with Crippen molar-refractivity contribution in [3.63, 3.8) is 0 Å². The SMILES string of the molecule is NC1=NC2(CCCCC2)N(c2cc(OC(F)F)ccc2C(F)(F)F)C(N)=N1. The van der Waals surface area contributed by atoms with Crippen LogP contribution in [-0.4, -0.2) is 24.2 Å². The van der Waals surface area contributed by atoms with Crippen molar-refractivity contribution in [3.8, 4) is 5.75 Å². The summed E-state index contributed by atoms with van der Waals surface area (Å²) in [4.78, 5) is 9.23. The number of aliphatic imine (C=N–C) groups is 2. The van der Waals surface area contributed by atoms with E-state index in [-0.39, 0.29) is 11.9 Å². The van der Waals surface area contributed by atoms with Crippen molar-refractivity contribution >= 4 is 17.6 Å². The Morgan fingerprint density at radius 3 is 2.37 bits per heavy atom. The molecule has 0 aromatic heterocycles. The molecule has 0 bridgehead atoms. The highest BCUT2D eigenvalue weighted by Crippen LogP contribution is 2.45. The zero-order valence-electron chi connectivity index (χ0n) is 14.1. The summed E-state index contributed by atoms with van der Waals surface area (Å²) in [7, 11) is 0. The van der Waals surface area contributed by atoms with E-state index < -0.39 is 35.5 Å². The van der Waals surface area contributed by atoms with Crippen LogP contribution in [0.2, 0.25) is 0 Å². The third-order valence-corrected chi connectivity index (χ3v) is 4.59. The fourth-order valence-electron chi connectivity index (χ4n) is 3.58. The van der Waals surface area contributed by atoms with Crippen molar-refractivity contribution in [3.05, 3.63) is 23.8 Å². The fourth-order valence-corrected chi connectivity index (χ4v) is 3.58. The molecule has 11 heteroatoms. The van der Waals surface area contributed by atoms with E-state index in [0.717, 1.165) is 23.5 Å². The first-order valence-electron chi connectivity index (χ1n) is 8.28. The average molecular weight is 391 g/mol. The molecule has 1 aromatic rings. The lowest BCUT2D eigenvalue weighted by atomic mass is 9.87. The summed E-state index contributed by atoms with van der Waals surface area (Å²) < 4.78 is 70.2. The quantitative estimate of drug-likeness (QED) is 0.773. The van der Waals surface area contributed by atoms with Crippen LogP contribution in [0.1, 0.15) is 37.7 Å². The Bertz CT molecular complexity index is 771. The molecule has 6 nitrogen and oxygen atoms in total. The first kappa shape index (κ1) is 19.2. The Kier molecular flexibility index (Phi) is 4.87. The Hall–Kier alpha value is -2.59. The highest BCUT2D eigenvalue weighted by atomic mass is 19.4. The van der Waals surface area contributed by atoms with Gasteiger partial charge in [-0.1, -0.05) is 6.42 Å². The molecule has 0 unspecified atom stereocenters. The lowest BCUT2D eigenvalue weighted by Crippen LogP contribution is -2.58. The highest BCUT2D eigenvalue weighted by Gasteiger charge is 2.46. The maximum atomic E-state index is 13.6. The van der Waals surface area contributed by atoms with Crippen LogP contribution in [0.4, 0.5) is 27.6 Å². The van der Waals surface area contributed by atoms with Crippen molar-refractivity contribution in [2.75, 3.05) is 4.90 Å². The second-order valence-electron chi connectivity index (χ2n) is 6.37. The molecule has 0 amide bonds. The monoisotopic (exact) mass is 391 g/mol. The van der Waals surface area contributed by atoms with Gasteiger partial charge < -0.3 is 16.2 Å². The minimum Gasteiger partial charge on any atom is -0.435 e. The molecule has 148 valence electrons. The van der Waals surface area contributed by atoms with Gasteiger partial charge in [0.15, 0.2) is 0 Å². The molecule has 1 aliphatic carbocycles.